The van der Waals surface area contributed by atoms with Crippen LogP contribution in [0.5, 0.6) is 0 Å². The summed E-state index contributed by atoms with van der Waals surface area (Å²) in [7, 11) is -4.14. The van der Waals surface area contributed by atoms with Crippen LogP contribution in [0, 0.1) is 12.8 Å². The third-order valence-electron chi connectivity index (χ3n) is 6.45. The molecule has 0 aromatic heterocycles. The lowest BCUT2D eigenvalue weighted by Gasteiger charge is -2.34. The average Bonchev–Trinajstić information content (AvgIpc) is 2.92. The maximum absolute atomic E-state index is 14.1. The van der Waals surface area contributed by atoms with E-state index >= 15 is 0 Å². The zero-order chi connectivity index (χ0) is 29.4. The monoisotopic (exact) mass is 603 g/mol. The van der Waals surface area contributed by atoms with E-state index in [1.807, 2.05) is 13.8 Å². The van der Waals surface area contributed by atoms with Crippen LogP contribution in [0.3, 0.4) is 0 Å². The number of amides is 2. The van der Waals surface area contributed by atoms with Crippen LogP contribution in [-0.4, -0.2) is 44.3 Å². The molecule has 10 heteroatoms. The molecule has 2 amide bonds. The molecule has 0 aliphatic carbocycles. The number of sulfonamides is 1. The second-order valence-electron chi connectivity index (χ2n) is 9.90. The summed E-state index contributed by atoms with van der Waals surface area (Å²) in [6.07, 6.45) is 0.299. The van der Waals surface area contributed by atoms with Gasteiger partial charge in [-0.3, -0.25) is 13.9 Å². The van der Waals surface area contributed by atoms with Crippen molar-refractivity contribution in [2.75, 3.05) is 17.4 Å². The highest BCUT2D eigenvalue weighted by Crippen LogP contribution is 2.29. The lowest BCUT2D eigenvalue weighted by Crippen LogP contribution is -2.52. The molecular formula is C30H35Cl2N3O4S. The summed E-state index contributed by atoms with van der Waals surface area (Å²) in [6, 6.07) is 19.0. The van der Waals surface area contributed by atoms with Crippen LogP contribution >= 0.6 is 23.2 Å². The lowest BCUT2D eigenvalue weighted by atomic mass is 10.1. The minimum atomic E-state index is -4.14. The standard InChI is InChI=1S/C30H35Cl2N3O4S/c1-5-27(30(37)33-18-21(2)3)34(19-24-25(31)15-11-16-26(24)32)29(36)20-35(28-17-10-9-12-22(28)4)40(38,39)23-13-7-6-8-14-23/h6-17,21,27H,5,18-20H2,1-4H3,(H,33,37). The minimum Gasteiger partial charge on any atom is -0.354 e. The van der Waals surface area contributed by atoms with Crippen LogP contribution in [0.15, 0.2) is 77.7 Å². The van der Waals surface area contributed by atoms with Crippen molar-refractivity contribution in [1.29, 1.82) is 0 Å². The summed E-state index contributed by atoms with van der Waals surface area (Å²) in [4.78, 5) is 28.9. The van der Waals surface area contributed by atoms with E-state index < -0.39 is 28.5 Å². The van der Waals surface area contributed by atoms with E-state index in [2.05, 4.69) is 5.32 Å². The number of carbonyl (C=O) groups excluding carboxylic acids is 2. The fraction of sp³-hybridized carbons (Fsp3) is 0.333. The minimum absolute atomic E-state index is 0.0495. The second-order valence-corrected chi connectivity index (χ2v) is 12.6. The number of rotatable bonds is 12. The molecule has 0 radical (unpaired) electrons. The van der Waals surface area contributed by atoms with E-state index in [-0.39, 0.29) is 23.3 Å². The fourth-order valence-corrected chi connectivity index (χ4v) is 6.29. The van der Waals surface area contributed by atoms with Gasteiger partial charge in [0, 0.05) is 28.7 Å². The molecule has 0 bridgehead atoms. The van der Waals surface area contributed by atoms with Crippen molar-refractivity contribution in [3.8, 4) is 0 Å². The van der Waals surface area contributed by atoms with Gasteiger partial charge in [0.1, 0.15) is 12.6 Å². The topological polar surface area (TPSA) is 86.8 Å². The van der Waals surface area contributed by atoms with Crippen LogP contribution in [0.25, 0.3) is 0 Å². The van der Waals surface area contributed by atoms with Crippen molar-refractivity contribution >= 4 is 50.7 Å². The normalized spacial score (nSPS) is 12.2. The van der Waals surface area contributed by atoms with Gasteiger partial charge in [0.05, 0.1) is 10.6 Å². The van der Waals surface area contributed by atoms with Gasteiger partial charge in [0.25, 0.3) is 10.0 Å². The number of hydrogen-bond donors (Lipinski definition) is 1. The van der Waals surface area contributed by atoms with Crippen molar-refractivity contribution in [2.45, 2.75) is 51.6 Å². The van der Waals surface area contributed by atoms with Crippen LogP contribution < -0.4 is 9.62 Å². The van der Waals surface area contributed by atoms with Crippen LogP contribution in [0.2, 0.25) is 10.0 Å². The van der Waals surface area contributed by atoms with Crippen molar-refractivity contribution in [2.24, 2.45) is 5.92 Å². The maximum atomic E-state index is 14.1. The maximum Gasteiger partial charge on any atom is 0.264 e. The highest BCUT2D eigenvalue weighted by atomic mass is 35.5. The van der Waals surface area contributed by atoms with Crippen molar-refractivity contribution in [3.05, 3.63) is 94.0 Å². The Morgan fingerprint density at radius 2 is 1.50 bits per heavy atom. The Morgan fingerprint density at radius 3 is 2.08 bits per heavy atom. The molecule has 3 rings (SSSR count). The largest absolute Gasteiger partial charge is 0.354 e. The zero-order valence-electron chi connectivity index (χ0n) is 23.1. The summed E-state index contributed by atoms with van der Waals surface area (Å²) in [5.41, 5.74) is 1.52. The highest BCUT2D eigenvalue weighted by molar-refractivity contribution is 7.92. The number of hydrogen-bond acceptors (Lipinski definition) is 4. The number of carbonyl (C=O) groups is 2. The molecular weight excluding hydrogens is 569 g/mol. The van der Waals surface area contributed by atoms with Crippen LogP contribution in [-0.2, 0) is 26.2 Å². The van der Waals surface area contributed by atoms with Crippen molar-refractivity contribution < 1.29 is 18.0 Å². The molecule has 1 N–H and O–H groups in total. The Bertz CT molecular complexity index is 1410. The van der Waals surface area contributed by atoms with E-state index in [1.165, 1.54) is 17.0 Å². The van der Waals surface area contributed by atoms with Gasteiger partial charge in [-0.1, -0.05) is 86.4 Å². The molecule has 0 fully saturated rings. The summed E-state index contributed by atoms with van der Waals surface area (Å²) < 4.78 is 28.9. The number of benzene rings is 3. The SMILES string of the molecule is CCC(C(=O)NCC(C)C)N(Cc1c(Cl)cccc1Cl)C(=O)CN(c1ccccc1C)S(=O)(=O)c1ccccc1. The quantitative estimate of drug-likeness (QED) is 0.272. The lowest BCUT2D eigenvalue weighted by molar-refractivity contribution is -0.140. The number of nitrogens with zero attached hydrogens (tertiary/aromatic N) is 2. The Hall–Kier alpha value is -3.07. The molecule has 1 atom stereocenters. The number of nitrogens with one attached hydrogen (secondary N) is 1. The molecule has 7 nitrogen and oxygen atoms in total. The molecule has 214 valence electrons. The van der Waals surface area contributed by atoms with Gasteiger partial charge in [-0.2, -0.15) is 0 Å². The first-order valence-corrected chi connectivity index (χ1v) is 15.3. The summed E-state index contributed by atoms with van der Waals surface area (Å²) in [6.45, 7) is 7.36. The molecule has 0 aliphatic heterocycles. The zero-order valence-corrected chi connectivity index (χ0v) is 25.4. The predicted molar refractivity (Wildman–Crippen MR) is 161 cm³/mol. The van der Waals surface area contributed by atoms with Gasteiger partial charge in [-0.05, 0) is 55.2 Å². The Labute approximate surface area is 247 Å². The smallest absolute Gasteiger partial charge is 0.264 e. The number of halogens is 2. The van der Waals surface area contributed by atoms with Crippen LogP contribution in [0.1, 0.15) is 38.3 Å². The summed E-state index contributed by atoms with van der Waals surface area (Å²) in [5.74, 6) is -0.692. The summed E-state index contributed by atoms with van der Waals surface area (Å²) >= 11 is 12.9. The van der Waals surface area contributed by atoms with Gasteiger partial charge in [0.2, 0.25) is 11.8 Å². The van der Waals surface area contributed by atoms with E-state index in [4.69, 9.17) is 23.2 Å². The molecule has 0 heterocycles. The van der Waals surface area contributed by atoms with E-state index in [0.717, 1.165) is 4.31 Å². The predicted octanol–water partition coefficient (Wildman–Crippen LogP) is 6.08. The van der Waals surface area contributed by atoms with Gasteiger partial charge >= 0.3 is 0 Å². The number of aryl methyl sites for hydroxylation is 1. The average molecular weight is 605 g/mol. The molecule has 3 aromatic rings. The fourth-order valence-electron chi connectivity index (χ4n) is 4.27. The molecule has 0 spiro atoms. The first-order valence-electron chi connectivity index (χ1n) is 13.1. The van der Waals surface area contributed by atoms with Crippen molar-refractivity contribution in [3.63, 3.8) is 0 Å². The molecule has 0 saturated heterocycles. The van der Waals surface area contributed by atoms with E-state index in [9.17, 15) is 18.0 Å². The van der Waals surface area contributed by atoms with Gasteiger partial charge in [-0.15, -0.1) is 0 Å². The van der Waals surface area contributed by atoms with Gasteiger partial charge < -0.3 is 10.2 Å². The van der Waals surface area contributed by atoms with Gasteiger partial charge in [0.15, 0.2) is 0 Å². The van der Waals surface area contributed by atoms with E-state index in [1.54, 1.807) is 74.5 Å². The highest BCUT2D eigenvalue weighted by Gasteiger charge is 2.34. The first kappa shape index (κ1) is 31.5. The molecule has 40 heavy (non-hydrogen) atoms. The van der Waals surface area contributed by atoms with Crippen molar-refractivity contribution in [1.82, 2.24) is 10.2 Å². The summed E-state index contributed by atoms with van der Waals surface area (Å²) in [5, 5.41) is 3.59. The molecule has 0 saturated carbocycles. The first-order chi connectivity index (χ1) is 19.0. The Balaban J connectivity index is 2.09. The number of anilines is 1. The third-order valence-corrected chi connectivity index (χ3v) is 8.94. The molecule has 0 aliphatic rings. The van der Waals surface area contributed by atoms with Gasteiger partial charge in [-0.25, -0.2) is 8.42 Å². The third kappa shape index (κ3) is 7.56. The Morgan fingerprint density at radius 1 is 0.900 bits per heavy atom. The molecule has 1 unspecified atom stereocenters. The number of para-hydroxylation sites is 1. The van der Waals surface area contributed by atoms with E-state index in [0.29, 0.717) is 39.8 Å². The Kier molecular flexibility index (Phi) is 11.0. The van der Waals surface area contributed by atoms with Crippen LogP contribution in [0.4, 0.5) is 5.69 Å². The molecule has 3 aromatic carbocycles. The second kappa shape index (κ2) is 14.0.